The molecule has 1 spiro atoms. The van der Waals surface area contributed by atoms with Gasteiger partial charge in [-0.2, -0.15) is 10.1 Å². The van der Waals surface area contributed by atoms with Gasteiger partial charge in [0.25, 0.3) is 11.7 Å². The molecule has 1 aliphatic carbocycles. The minimum atomic E-state index is -0.549. The van der Waals surface area contributed by atoms with E-state index >= 15 is 0 Å². The monoisotopic (exact) mass is 449 g/mol. The summed E-state index contributed by atoms with van der Waals surface area (Å²) in [5.74, 6) is 1.07. The quantitative estimate of drug-likeness (QED) is 0.563. The van der Waals surface area contributed by atoms with Gasteiger partial charge in [0.2, 0.25) is 0 Å². The summed E-state index contributed by atoms with van der Waals surface area (Å²) in [6.07, 6.45) is 6.63. The molecule has 9 heteroatoms. The third-order valence-corrected chi connectivity index (χ3v) is 5.88. The van der Waals surface area contributed by atoms with Gasteiger partial charge in [-0.05, 0) is 51.8 Å². The van der Waals surface area contributed by atoms with Crippen LogP contribution in [0.1, 0.15) is 60.8 Å². The van der Waals surface area contributed by atoms with Gasteiger partial charge in [0.05, 0.1) is 12.3 Å². The summed E-state index contributed by atoms with van der Waals surface area (Å²) in [4.78, 5) is 21.5. The van der Waals surface area contributed by atoms with Crippen LogP contribution in [0.2, 0.25) is 0 Å². The molecule has 0 bridgehead atoms. The standard InChI is InChI=1S/C24H27N5O4/c1-4-31-22(30)18-14-25-23(29-16(3)12-15(2)28-29)27-21(18)26-17-8-9-19-20(13-17)33-24(32-19)10-6-5-7-11-24/h8-9,12-14H,4-7,10-11H2,1-3H3,(H,25,26,27). The Bertz CT molecular complexity index is 1200. The summed E-state index contributed by atoms with van der Waals surface area (Å²) in [6, 6.07) is 7.58. The maximum Gasteiger partial charge on any atom is 0.343 e. The molecule has 2 aromatic heterocycles. The third kappa shape index (κ3) is 4.10. The number of ether oxygens (including phenoxy) is 3. The fourth-order valence-corrected chi connectivity index (χ4v) is 4.36. The third-order valence-electron chi connectivity index (χ3n) is 5.88. The summed E-state index contributed by atoms with van der Waals surface area (Å²) in [5.41, 5.74) is 2.70. The minimum Gasteiger partial charge on any atom is -0.462 e. The molecule has 5 rings (SSSR count). The Labute approximate surface area is 192 Å². The Morgan fingerprint density at radius 1 is 1.15 bits per heavy atom. The zero-order valence-corrected chi connectivity index (χ0v) is 19.1. The zero-order valence-electron chi connectivity index (χ0n) is 19.1. The van der Waals surface area contributed by atoms with Crippen LogP contribution in [-0.2, 0) is 4.74 Å². The Morgan fingerprint density at radius 3 is 2.67 bits per heavy atom. The molecule has 1 fully saturated rings. The van der Waals surface area contributed by atoms with Crippen LogP contribution in [0.15, 0.2) is 30.5 Å². The van der Waals surface area contributed by atoms with E-state index in [1.165, 1.54) is 12.6 Å². The Kier molecular flexibility index (Phi) is 5.39. The average Bonchev–Trinajstić information content (AvgIpc) is 3.32. The van der Waals surface area contributed by atoms with E-state index in [1.807, 2.05) is 38.1 Å². The number of nitrogens with one attached hydrogen (secondary N) is 1. The topological polar surface area (TPSA) is 100 Å². The fraction of sp³-hybridized carbons (Fsp3) is 0.417. The van der Waals surface area contributed by atoms with Crippen molar-refractivity contribution in [3.8, 4) is 17.4 Å². The van der Waals surface area contributed by atoms with Crippen LogP contribution < -0.4 is 14.8 Å². The van der Waals surface area contributed by atoms with E-state index in [-0.39, 0.29) is 12.2 Å². The second kappa shape index (κ2) is 8.38. The van der Waals surface area contributed by atoms with Crippen LogP contribution in [0.4, 0.5) is 11.5 Å². The molecule has 172 valence electrons. The summed E-state index contributed by atoms with van der Waals surface area (Å²) >= 11 is 0. The number of nitrogens with zero attached hydrogens (tertiary/aromatic N) is 4. The van der Waals surface area contributed by atoms with E-state index in [9.17, 15) is 4.79 Å². The summed E-state index contributed by atoms with van der Waals surface area (Å²) in [7, 11) is 0. The molecular weight excluding hydrogens is 422 g/mol. The summed E-state index contributed by atoms with van der Waals surface area (Å²) in [6.45, 7) is 5.84. The molecule has 0 unspecified atom stereocenters. The van der Waals surface area contributed by atoms with Crippen LogP contribution in [0, 0.1) is 13.8 Å². The minimum absolute atomic E-state index is 0.239. The number of aromatic nitrogens is 4. The largest absolute Gasteiger partial charge is 0.462 e. The maximum absolute atomic E-state index is 12.6. The number of benzene rings is 1. The second-order valence-electron chi connectivity index (χ2n) is 8.45. The first-order chi connectivity index (χ1) is 16.0. The number of rotatable bonds is 5. The van der Waals surface area contributed by atoms with Gasteiger partial charge in [0.15, 0.2) is 17.3 Å². The molecule has 0 atom stereocenters. The van der Waals surface area contributed by atoms with E-state index in [0.717, 1.165) is 42.8 Å². The first-order valence-electron chi connectivity index (χ1n) is 11.3. The van der Waals surface area contributed by atoms with Crippen molar-refractivity contribution in [1.82, 2.24) is 19.7 Å². The molecule has 3 heterocycles. The highest BCUT2D eigenvalue weighted by Crippen LogP contribution is 2.46. The molecule has 3 aromatic rings. The average molecular weight is 450 g/mol. The predicted molar refractivity (Wildman–Crippen MR) is 121 cm³/mol. The summed E-state index contributed by atoms with van der Waals surface area (Å²) in [5, 5.41) is 7.69. The van der Waals surface area contributed by atoms with Crippen LogP contribution in [0.3, 0.4) is 0 Å². The lowest BCUT2D eigenvalue weighted by Gasteiger charge is -2.31. The van der Waals surface area contributed by atoms with Crippen molar-refractivity contribution in [3.63, 3.8) is 0 Å². The van der Waals surface area contributed by atoms with Crippen molar-refractivity contribution in [2.24, 2.45) is 0 Å². The molecule has 0 amide bonds. The van der Waals surface area contributed by atoms with Crippen molar-refractivity contribution < 1.29 is 19.0 Å². The molecule has 0 radical (unpaired) electrons. The van der Waals surface area contributed by atoms with E-state index in [0.29, 0.717) is 23.2 Å². The first kappa shape index (κ1) is 21.2. The van der Waals surface area contributed by atoms with Crippen molar-refractivity contribution in [3.05, 3.63) is 47.4 Å². The number of anilines is 2. The highest BCUT2D eigenvalue weighted by molar-refractivity contribution is 5.95. The number of hydrogen-bond acceptors (Lipinski definition) is 8. The summed E-state index contributed by atoms with van der Waals surface area (Å²) < 4.78 is 19.3. The lowest BCUT2D eigenvalue weighted by atomic mass is 9.94. The number of carbonyl (C=O) groups is 1. The van der Waals surface area contributed by atoms with Gasteiger partial charge in [-0.3, -0.25) is 0 Å². The normalized spacial score (nSPS) is 16.1. The molecule has 33 heavy (non-hydrogen) atoms. The lowest BCUT2D eigenvalue weighted by molar-refractivity contribution is -0.105. The maximum atomic E-state index is 12.6. The highest BCUT2D eigenvalue weighted by Gasteiger charge is 2.42. The molecule has 1 saturated carbocycles. The van der Waals surface area contributed by atoms with Crippen molar-refractivity contribution in [2.75, 3.05) is 11.9 Å². The van der Waals surface area contributed by atoms with Crippen molar-refractivity contribution in [2.45, 2.75) is 58.7 Å². The lowest BCUT2D eigenvalue weighted by Crippen LogP contribution is -2.40. The van der Waals surface area contributed by atoms with Crippen LogP contribution in [0.25, 0.3) is 5.95 Å². The molecule has 0 saturated heterocycles. The van der Waals surface area contributed by atoms with Crippen molar-refractivity contribution in [1.29, 1.82) is 0 Å². The van der Waals surface area contributed by atoms with E-state index in [1.54, 1.807) is 11.6 Å². The number of fused-ring (bicyclic) bond motifs is 1. The zero-order chi connectivity index (χ0) is 23.0. The van der Waals surface area contributed by atoms with Crippen LogP contribution in [-0.4, -0.2) is 38.1 Å². The van der Waals surface area contributed by atoms with Gasteiger partial charge in [0, 0.05) is 36.5 Å². The van der Waals surface area contributed by atoms with Gasteiger partial charge in [-0.25, -0.2) is 14.5 Å². The van der Waals surface area contributed by atoms with E-state index < -0.39 is 11.8 Å². The molecule has 9 nitrogen and oxygen atoms in total. The number of carbonyl (C=O) groups excluding carboxylic acids is 1. The molecule has 1 N–H and O–H groups in total. The second-order valence-corrected chi connectivity index (χ2v) is 8.45. The van der Waals surface area contributed by atoms with Gasteiger partial charge in [-0.1, -0.05) is 6.42 Å². The van der Waals surface area contributed by atoms with Crippen LogP contribution >= 0.6 is 0 Å². The van der Waals surface area contributed by atoms with Crippen molar-refractivity contribution >= 4 is 17.5 Å². The van der Waals surface area contributed by atoms with Gasteiger partial charge in [-0.15, -0.1) is 0 Å². The van der Waals surface area contributed by atoms with Crippen LogP contribution in [0.5, 0.6) is 11.5 Å². The SMILES string of the molecule is CCOC(=O)c1cnc(-n2nc(C)cc2C)nc1Nc1ccc2c(c1)OC1(CCCCC1)O2. The van der Waals surface area contributed by atoms with E-state index in [2.05, 4.69) is 20.4 Å². The molecular formula is C24H27N5O4. The predicted octanol–water partition coefficient (Wildman–Crippen LogP) is 4.63. The Balaban J connectivity index is 1.47. The molecule has 1 aliphatic heterocycles. The number of esters is 1. The number of hydrogen-bond donors (Lipinski definition) is 1. The van der Waals surface area contributed by atoms with E-state index in [4.69, 9.17) is 14.2 Å². The van der Waals surface area contributed by atoms with Gasteiger partial charge in [0.1, 0.15) is 5.56 Å². The first-order valence-corrected chi connectivity index (χ1v) is 11.3. The molecule has 1 aromatic carbocycles. The molecule has 2 aliphatic rings. The Hall–Kier alpha value is -3.62. The number of aryl methyl sites for hydroxylation is 2. The fourth-order valence-electron chi connectivity index (χ4n) is 4.36. The highest BCUT2D eigenvalue weighted by atomic mass is 16.7. The smallest absolute Gasteiger partial charge is 0.343 e. The Morgan fingerprint density at radius 2 is 1.94 bits per heavy atom. The van der Waals surface area contributed by atoms with Gasteiger partial charge >= 0.3 is 5.97 Å². The van der Waals surface area contributed by atoms with Gasteiger partial charge < -0.3 is 19.5 Å².